The molecule has 0 radical (unpaired) electrons. The van der Waals surface area contributed by atoms with Crippen molar-refractivity contribution in [3.05, 3.63) is 64.7 Å². The van der Waals surface area contributed by atoms with E-state index in [0.717, 1.165) is 16.6 Å². The number of rotatable bonds is 3. The van der Waals surface area contributed by atoms with Gasteiger partial charge >= 0.3 is 0 Å². The lowest BCUT2D eigenvalue weighted by Gasteiger charge is -2.29. The summed E-state index contributed by atoms with van der Waals surface area (Å²) in [5, 5.41) is 0. The third-order valence-corrected chi connectivity index (χ3v) is 5.23. The molecular weight excluding hydrogens is 320 g/mol. The van der Waals surface area contributed by atoms with E-state index in [1.807, 2.05) is 31.3 Å². The number of carbonyl (C=O) groups excluding carboxylic acids is 1. The molecular formula is C19H18N2O2S. The third-order valence-electron chi connectivity index (χ3n) is 4.44. The van der Waals surface area contributed by atoms with E-state index in [9.17, 15) is 4.79 Å². The minimum atomic E-state index is 0.0211. The molecule has 0 unspecified atom stereocenters. The van der Waals surface area contributed by atoms with Crippen LogP contribution in [0.5, 0.6) is 0 Å². The smallest absolute Gasteiger partial charge is 0.253 e. The molecule has 4 nitrogen and oxygen atoms in total. The van der Waals surface area contributed by atoms with Gasteiger partial charge in [0.05, 0.1) is 28.4 Å². The second kappa shape index (κ2) is 6.34. The van der Waals surface area contributed by atoms with E-state index in [2.05, 4.69) is 23.2 Å². The Hall–Kier alpha value is -2.24. The molecule has 0 saturated heterocycles. The van der Waals surface area contributed by atoms with Gasteiger partial charge in [-0.2, -0.15) is 0 Å². The summed E-state index contributed by atoms with van der Waals surface area (Å²) in [5.41, 5.74) is 6.01. The SMILES string of the molecule is CN(C[C@H]1Cc2ccccc2CO1)C(=O)c1ccc2ncsc2c1. The summed E-state index contributed by atoms with van der Waals surface area (Å²) in [4.78, 5) is 18.7. The van der Waals surface area contributed by atoms with E-state index >= 15 is 0 Å². The quantitative estimate of drug-likeness (QED) is 0.734. The van der Waals surface area contributed by atoms with Gasteiger partial charge in [-0.1, -0.05) is 24.3 Å². The highest BCUT2D eigenvalue weighted by atomic mass is 32.1. The van der Waals surface area contributed by atoms with Crippen LogP contribution >= 0.6 is 11.3 Å². The van der Waals surface area contributed by atoms with Crippen LogP contribution in [-0.2, 0) is 17.8 Å². The predicted octanol–water partition coefficient (Wildman–Crippen LogP) is 3.51. The summed E-state index contributed by atoms with van der Waals surface area (Å²) in [6.07, 6.45) is 0.891. The summed E-state index contributed by atoms with van der Waals surface area (Å²) in [6, 6.07) is 14.0. The van der Waals surface area contributed by atoms with Crippen LogP contribution in [0.1, 0.15) is 21.5 Å². The first-order valence-electron chi connectivity index (χ1n) is 7.98. The van der Waals surface area contributed by atoms with Crippen molar-refractivity contribution in [1.82, 2.24) is 9.88 Å². The molecule has 3 aromatic rings. The number of nitrogens with zero attached hydrogens (tertiary/aromatic N) is 2. The average molecular weight is 338 g/mol. The summed E-state index contributed by atoms with van der Waals surface area (Å²) >= 11 is 1.55. The minimum absolute atomic E-state index is 0.0211. The van der Waals surface area contributed by atoms with Gasteiger partial charge in [0, 0.05) is 25.6 Å². The van der Waals surface area contributed by atoms with Gasteiger partial charge in [-0.05, 0) is 29.3 Å². The average Bonchev–Trinajstić information content (AvgIpc) is 3.08. The molecule has 1 aliphatic heterocycles. The molecule has 1 amide bonds. The Balaban J connectivity index is 1.46. The number of likely N-dealkylation sites (N-methyl/N-ethyl adjacent to an activating group) is 1. The first-order valence-corrected chi connectivity index (χ1v) is 8.86. The zero-order chi connectivity index (χ0) is 16.5. The molecule has 0 saturated carbocycles. The molecule has 0 aliphatic carbocycles. The van der Waals surface area contributed by atoms with Gasteiger partial charge < -0.3 is 9.64 Å². The minimum Gasteiger partial charge on any atom is -0.371 e. The lowest BCUT2D eigenvalue weighted by molar-refractivity contribution is 0.00985. The Morgan fingerprint density at radius 3 is 3.00 bits per heavy atom. The number of fused-ring (bicyclic) bond motifs is 2. The standard InChI is InChI=1S/C19H18N2O2S/c1-21(10-16-8-13-4-2-3-5-15(13)11-23-16)19(22)14-6-7-17-18(9-14)24-12-20-17/h2-7,9,12,16H,8,10-11H2,1H3/t16-/m1/s1. The van der Waals surface area contributed by atoms with Crippen molar-refractivity contribution in [2.75, 3.05) is 13.6 Å². The highest BCUT2D eigenvalue weighted by molar-refractivity contribution is 7.16. The van der Waals surface area contributed by atoms with E-state index < -0.39 is 0 Å². The normalized spacial score (nSPS) is 16.8. The van der Waals surface area contributed by atoms with Gasteiger partial charge in [0.1, 0.15) is 0 Å². The van der Waals surface area contributed by atoms with Crippen molar-refractivity contribution >= 4 is 27.5 Å². The van der Waals surface area contributed by atoms with Crippen LogP contribution in [0, 0.1) is 0 Å². The molecule has 1 aliphatic rings. The second-order valence-electron chi connectivity index (χ2n) is 6.13. The molecule has 5 heteroatoms. The fraction of sp³-hybridized carbons (Fsp3) is 0.263. The van der Waals surface area contributed by atoms with Crippen LogP contribution < -0.4 is 0 Å². The van der Waals surface area contributed by atoms with Gasteiger partial charge in [0.15, 0.2) is 0 Å². The van der Waals surface area contributed by atoms with Gasteiger partial charge in [0.2, 0.25) is 0 Å². The Morgan fingerprint density at radius 1 is 1.29 bits per heavy atom. The second-order valence-corrected chi connectivity index (χ2v) is 7.01. The number of hydrogen-bond donors (Lipinski definition) is 0. The zero-order valence-electron chi connectivity index (χ0n) is 13.4. The van der Waals surface area contributed by atoms with Gasteiger partial charge in [-0.3, -0.25) is 4.79 Å². The van der Waals surface area contributed by atoms with E-state index in [-0.39, 0.29) is 12.0 Å². The number of aromatic nitrogens is 1. The molecule has 0 bridgehead atoms. The van der Waals surface area contributed by atoms with Crippen molar-refractivity contribution in [1.29, 1.82) is 0 Å². The number of thiazole rings is 1. The first-order chi connectivity index (χ1) is 11.7. The van der Waals surface area contributed by atoms with Gasteiger partial charge in [-0.25, -0.2) is 4.98 Å². The number of benzene rings is 2. The van der Waals surface area contributed by atoms with Crippen LogP contribution in [0.15, 0.2) is 48.0 Å². The van der Waals surface area contributed by atoms with Crippen molar-refractivity contribution in [2.24, 2.45) is 0 Å². The van der Waals surface area contributed by atoms with Crippen LogP contribution in [0.25, 0.3) is 10.2 Å². The van der Waals surface area contributed by atoms with Crippen molar-refractivity contribution in [3.63, 3.8) is 0 Å². The molecule has 2 aromatic carbocycles. The third kappa shape index (κ3) is 2.92. The molecule has 2 heterocycles. The fourth-order valence-electron chi connectivity index (χ4n) is 3.12. The predicted molar refractivity (Wildman–Crippen MR) is 95.3 cm³/mol. The number of carbonyl (C=O) groups is 1. The maximum absolute atomic E-state index is 12.7. The Bertz CT molecular complexity index is 890. The molecule has 1 atom stereocenters. The molecule has 0 N–H and O–H groups in total. The van der Waals surface area contributed by atoms with Crippen LogP contribution in [0.3, 0.4) is 0 Å². The number of ether oxygens (including phenoxy) is 1. The van der Waals surface area contributed by atoms with E-state index in [0.29, 0.717) is 18.7 Å². The lowest BCUT2D eigenvalue weighted by atomic mass is 9.99. The summed E-state index contributed by atoms with van der Waals surface area (Å²) < 4.78 is 6.96. The van der Waals surface area contributed by atoms with E-state index in [1.54, 1.807) is 21.7 Å². The van der Waals surface area contributed by atoms with E-state index in [1.165, 1.54) is 11.1 Å². The Kier molecular flexibility index (Phi) is 4.04. The lowest BCUT2D eigenvalue weighted by Crippen LogP contribution is -2.38. The molecule has 24 heavy (non-hydrogen) atoms. The fourth-order valence-corrected chi connectivity index (χ4v) is 3.84. The summed E-state index contributed by atoms with van der Waals surface area (Å²) in [5.74, 6) is 0.0211. The largest absolute Gasteiger partial charge is 0.371 e. The monoisotopic (exact) mass is 338 g/mol. The van der Waals surface area contributed by atoms with E-state index in [4.69, 9.17) is 4.74 Å². The maximum atomic E-state index is 12.7. The number of hydrogen-bond acceptors (Lipinski definition) is 4. The van der Waals surface area contributed by atoms with Gasteiger partial charge in [-0.15, -0.1) is 11.3 Å². The topological polar surface area (TPSA) is 42.4 Å². The molecule has 0 fully saturated rings. The van der Waals surface area contributed by atoms with Gasteiger partial charge in [0.25, 0.3) is 5.91 Å². The molecule has 0 spiro atoms. The highest BCUT2D eigenvalue weighted by Gasteiger charge is 2.22. The van der Waals surface area contributed by atoms with Crippen molar-refractivity contribution in [3.8, 4) is 0 Å². The van der Waals surface area contributed by atoms with Crippen LogP contribution in [0.2, 0.25) is 0 Å². The van der Waals surface area contributed by atoms with Crippen LogP contribution in [-0.4, -0.2) is 35.5 Å². The number of amides is 1. The molecule has 1 aromatic heterocycles. The Morgan fingerprint density at radius 2 is 2.12 bits per heavy atom. The Labute approximate surface area is 144 Å². The zero-order valence-corrected chi connectivity index (χ0v) is 14.3. The highest BCUT2D eigenvalue weighted by Crippen LogP contribution is 2.22. The first kappa shape index (κ1) is 15.3. The van der Waals surface area contributed by atoms with Crippen molar-refractivity contribution in [2.45, 2.75) is 19.1 Å². The molecule has 122 valence electrons. The maximum Gasteiger partial charge on any atom is 0.253 e. The summed E-state index contributed by atoms with van der Waals surface area (Å²) in [7, 11) is 1.84. The molecule has 4 rings (SSSR count). The summed E-state index contributed by atoms with van der Waals surface area (Å²) in [6.45, 7) is 1.21. The van der Waals surface area contributed by atoms with Crippen molar-refractivity contribution < 1.29 is 9.53 Å². The van der Waals surface area contributed by atoms with Crippen LogP contribution in [0.4, 0.5) is 0 Å².